The fourth-order valence-corrected chi connectivity index (χ4v) is 2.43. The summed E-state index contributed by atoms with van der Waals surface area (Å²) in [5.41, 5.74) is 8.13. The van der Waals surface area contributed by atoms with Gasteiger partial charge in [0.1, 0.15) is 5.52 Å². The van der Waals surface area contributed by atoms with Gasteiger partial charge in [0.05, 0.1) is 5.69 Å². The molecule has 18 heavy (non-hydrogen) atoms. The van der Waals surface area contributed by atoms with Crippen molar-refractivity contribution >= 4 is 11.3 Å². The van der Waals surface area contributed by atoms with Crippen LogP contribution in [0.5, 0.6) is 0 Å². The van der Waals surface area contributed by atoms with Crippen LogP contribution >= 0.6 is 0 Å². The van der Waals surface area contributed by atoms with E-state index in [1.54, 1.807) is 6.20 Å². The van der Waals surface area contributed by atoms with Gasteiger partial charge in [-0.1, -0.05) is 13.8 Å². The molecule has 0 saturated carbocycles. The van der Waals surface area contributed by atoms with E-state index in [1.165, 1.54) is 0 Å². The van der Waals surface area contributed by atoms with Crippen LogP contribution in [0.15, 0.2) is 18.5 Å². The molecule has 1 saturated heterocycles. The lowest BCUT2D eigenvalue weighted by atomic mass is 9.94. The minimum absolute atomic E-state index is 0.0879. The molecule has 0 spiro atoms. The summed E-state index contributed by atoms with van der Waals surface area (Å²) in [4.78, 5) is 6.69. The highest BCUT2D eigenvalue weighted by molar-refractivity contribution is 5.70. The zero-order valence-corrected chi connectivity index (χ0v) is 11.1. The first kappa shape index (κ1) is 11.5. The topological polar surface area (TPSA) is 59.5 Å². The maximum atomic E-state index is 6.05. The van der Waals surface area contributed by atoms with Crippen LogP contribution in [0.25, 0.3) is 5.52 Å². The summed E-state index contributed by atoms with van der Waals surface area (Å²) in [5, 5.41) is 4.57. The molecule has 0 radical (unpaired) electrons. The van der Waals surface area contributed by atoms with Crippen molar-refractivity contribution in [3.63, 3.8) is 0 Å². The molecule has 96 valence electrons. The molecule has 0 aromatic carbocycles. The molecule has 0 bridgehead atoms. The Morgan fingerprint density at radius 2 is 2.11 bits per heavy atom. The SMILES string of the molecule is CC(C)c1cc2c(N3CC(C)(N)C3)nccn2n1. The molecule has 5 heteroatoms. The van der Waals surface area contributed by atoms with E-state index in [0.29, 0.717) is 5.92 Å². The highest BCUT2D eigenvalue weighted by atomic mass is 15.3. The van der Waals surface area contributed by atoms with Crippen molar-refractivity contribution in [2.24, 2.45) is 5.73 Å². The van der Waals surface area contributed by atoms with E-state index in [0.717, 1.165) is 30.1 Å². The third-order valence-electron chi connectivity index (χ3n) is 3.38. The van der Waals surface area contributed by atoms with Gasteiger partial charge in [0.2, 0.25) is 0 Å². The van der Waals surface area contributed by atoms with Gasteiger partial charge in [0.15, 0.2) is 5.82 Å². The van der Waals surface area contributed by atoms with E-state index >= 15 is 0 Å². The van der Waals surface area contributed by atoms with Crippen molar-refractivity contribution < 1.29 is 0 Å². The van der Waals surface area contributed by atoms with E-state index in [1.807, 2.05) is 10.7 Å². The van der Waals surface area contributed by atoms with Gasteiger partial charge in [0.25, 0.3) is 0 Å². The second-order valence-electron chi connectivity index (χ2n) is 5.81. The Morgan fingerprint density at radius 1 is 1.39 bits per heavy atom. The Kier molecular flexibility index (Phi) is 2.35. The summed E-state index contributed by atoms with van der Waals surface area (Å²) in [5.74, 6) is 1.41. The normalized spacial score (nSPS) is 18.4. The number of nitrogens with zero attached hydrogens (tertiary/aromatic N) is 4. The van der Waals surface area contributed by atoms with Crippen LogP contribution in [0.2, 0.25) is 0 Å². The van der Waals surface area contributed by atoms with Crippen LogP contribution in [0.3, 0.4) is 0 Å². The molecule has 0 amide bonds. The maximum absolute atomic E-state index is 6.05. The van der Waals surface area contributed by atoms with Gasteiger partial charge in [-0.3, -0.25) is 0 Å². The van der Waals surface area contributed by atoms with Gasteiger partial charge in [-0.15, -0.1) is 0 Å². The van der Waals surface area contributed by atoms with Crippen LogP contribution in [0.4, 0.5) is 5.82 Å². The summed E-state index contributed by atoms with van der Waals surface area (Å²) >= 11 is 0. The van der Waals surface area contributed by atoms with Crippen molar-refractivity contribution in [3.8, 4) is 0 Å². The number of rotatable bonds is 2. The number of aromatic nitrogens is 3. The zero-order chi connectivity index (χ0) is 12.9. The van der Waals surface area contributed by atoms with Gasteiger partial charge in [0, 0.05) is 31.0 Å². The first-order valence-corrected chi connectivity index (χ1v) is 6.34. The molecule has 2 aromatic rings. The van der Waals surface area contributed by atoms with Gasteiger partial charge >= 0.3 is 0 Å². The molecule has 0 unspecified atom stereocenters. The van der Waals surface area contributed by atoms with Crippen LogP contribution in [0, 0.1) is 0 Å². The number of hydrogen-bond acceptors (Lipinski definition) is 4. The Bertz CT molecular complexity index is 576. The van der Waals surface area contributed by atoms with Gasteiger partial charge < -0.3 is 10.6 Å². The van der Waals surface area contributed by atoms with E-state index in [-0.39, 0.29) is 5.54 Å². The fraction of sp³-hybridized carbons (Fsp3) is 0.538. The minimum atomic E-state index is -0.0879. The lowest BCUT2D eigenvalue weighted by molar-refractivity contribution is 0.363. The monoisotopic (exact) mass is 245 g/mol. The summed E-state index contributed by atoms with van der Waals surface area (Å²) in [7, 11) is 0. The molecule has 0 aliphatic carbocycles. The quantitative estimate of drug-likeness (QED) is 0.868. The van der Waals surface area contributed by atoms with Crippen LogP contribution < -0.4 is 10.6 Å². The van der Waals surface area contributed by atoms with E-state index in [9.17, 15) is 0 Å². The highest BCUT2D eigenvalue weighted by Gasteiger charge is 2.36. The largest absolute Gasteiger partial charge is 0.351 e. The number of anilines is 1. The lowest BCUT2D eigenvalue weighted by Crippen LogP contribution is -2.65. The first-order chi connectivity index (χ1) is 8.46. The Labute approximate surface area is 107 Å². The molecular formula is C13H19N5. The molecule has 3 rings (SSSR count). The summed E-state index contributed by atoms with van der Waals surface area (Å²) < 4.78 is 1.91. The van der Waals surface area contributed by atoms with Crippen LogP contribution in [-0.4, -0.2) is 33.2 Å². The minimum Gasteiger partial charge on any atom is -0.351 e. The Hall–Kier alpha value is -1.62. The number of nitrogens with two attached hydrogens (primary N) is 1. The molecule has 1 fully saturated rings. The average molecular weight is 245 g/mol. The van der Waals surface area contributed by atoms with Gasteiger partial charge in [-0.05, 0) is 18.9 Å². The van der Waals surface area contributed by atoms with Crippen LogP contribution in [-0.2, 0) is 0 Å². The summed E-state index contributed by atoms with van der Waals surface area (Å²) in [6, 6.07) is 2.12. The van der Waals surface area contributed by atoms with Crippen molar-refractivity contribution in [1.82, 2.24) is 14.6 Å². The van der Waals surface area contributed by atoms with Crippen molar-refractivity contribution in [1.29, 1.82) is 0 Å². The molecule has 2 N–H and O–H groups in total. The Morgan fingerprint density at radius 3 is 2.72 bits per heavy atom. The summed E-state index contributed by atoms with van der Waals surface area (Å²) in [6.07, 6.45) is 3.69. The highest BCUT2D eigenvalue weighted by Crippen LogP contribution is 2.28. The second kappa shape index (κ2) is 3.68. The van der Waals surface area contributed by atoms with E-state index in [4.69, 9.17) is 5.73 Å². The maximum Gasteiger partial charge on any atom is 0.154 e. The molecule has 1 aliphatic heterocycles. The zero-order valence-electron chi connectivity index (χ0n) is 11.1. The second-order valence-corrected chi connectivity index (χ2v) is 5.81. The van der Waals surface area contributed by atoms with Crippen LogP contribution in [0.1, 0.15) is 32.4 Å². The molecule has 3 heterocycles. The third kappa shape index (κ3) is 1.75. The van der Waals surface area contributed by atoms with Crippen molar-refractivity contribution in [3.05, 3.63) is 24.2 Å². The van der Waals surface area contributed by atoms with Crippen molar-refractivity contribution in [2.75, 3.05) is 18.0 Å². The van der Waals surface area contributed by atoms with E-state index in [2.05, 4.69) is 41.8 Å². The molecule has 2 aromatic heterocycles. The molecule has 5 nitrogen and oxygen atoms in total. The van der Waals surface area contributed by atoms with Gasteiger partial charge in [-0.2, -0.15) is 5.10 Å². The lowest BCUT2D eigenvalue weighted by Gasteiger charge is -2.46. The van der Waals surface area contributed by atoms with E-state index < -0.39 is 0 Å². The molecule has 1 aliphatic rings. The average Bonchev–Trinajstić information content (AvgIpc) is 2.69. The predicted octanol–water partition coefficient (Wildman–Crippen LogP) is 1.39. The smallest absolute Gasteiger partial charge is 0.154 e. The number of fused-ring (bicyclic) bond motifs is 1. The third-order valence-corrected chi connectivity index (χ3v) is 3.38. The Balaban J connectivity index is 2.02. The first-order valence-electron chi connectivity index (χ1n) is 6.34. The van der Waals surface area contributed by atoms with Gasteiger partial charge in [-0.25, -0.2) is 9.50 Å². The number of hydrogen-bond donors (Lipinski definition) is 1. The summed E-state index contributed by atoms with van der Waals surface area (Å²) in [6.45, 7) is 8.06. The predicted molar refractivity (Wildman–Crippen MR) is 71.9 cm³/mol. The van der Waals surface area contributed by atoms with Crippen molar-refractivity contribution in [2.45, 2.75) is 32.2 Å². The standard InChI is InChI=1S/C13H19N5/c1-9(2)10-6-11-12(15-4-5-18(11)16-10)17-7-13(3,14)8-17/h4-6,9H,7-8,14H2,1-3H3. The fourth-order valence-electron chi connectivity index (χ4n) is 2.43. The molecular weight excluding hydrogens is 226 g/mol. The molecule has 0 atom stereocenters.